The van der Waals surface area contributed by atoms with Crippen LogP contribution >= 0.6 is 7.37 Å². The van der Waals surface area contributed by atoms with Crippen LogP contribution in [-0.4, -0.2) is 18.4 Å². The molecule has 0 aliphatic carbocycles. The average molecular weight is 134 g/mol. The summed E-state index contributed by atoms with van der Waals surface area (Å²) in [5, 5.41) is 0. The van der Waals surface area contributed by atoms with E-state index in [9.17, 15) is 4.57 Å². The molecule has 0 aromatic carbocycles. The van der Waals surface area contributed by atoms with Gasteiger partial charge < -0.3 is 4.52 Å². The first-order valence-corrected chi connectivity index (χ1v) is 4.94. The summed E-state index contributed by atoms with van der Waals surface area (Å²) >= 11 is 0. The minimum Gasteiger partial charge on any atom is -0.322 e. The predicted octanol–water partition coefficient (Wildman–Crippen LogP) is 1.70. The molecule has 3 heteroatoms. The third-order valence-corrected chi connectivity index (χ3v) is 3.32. The highest BCUT2D eigenvalue weighted by molar-refractivity contribution is 7.59. The minimum atomic E-state index is -2.09. The monoisotopic (exact) mass is 134 g/mol. The Kier molecular flexibility index (Phi) is 1.08. The van der Waals surface area contributed by atoms with Crippen molar-refractivity contribution >= 4 is 7.37 Å². The lowest BCUT2D eigenvalue weighted by molar-refractivity contribution is 0.0867. The van der Waals surface area contributed by atoms with Gasteiger partial charge in [-0.25, -0.2) is 0 Å². The van der Waals surface area contributed by atoms with Crippen LogP contribution in [-0.2, 0) is 9.09 Å². The fourth-order valence-electron chi connectivity index (χ4n) is 1.21. The maximum atomic E-state index is 10.9. The smallest absolute Gasteiger partial charge is 0.203 e. The topological polar surface area (TPSA) is 26.3 Å². The van der Waals surface area contributed by atoms with Crippen LogP contribution in [0.4, 0.5) is 0 Å². The SMILES string of the molecule is CC1(C)CP(C)(=O)O1. The summed E-state index contributed by atoms with van der Waals surface area (Å²) in [7, 11) is -2.09. The lowest BCUT2D eigenvalue weighted by atomic mass is 10.2. The molecule has 1 aliphatic rings. The van der Waals surface area contributed by atoms with E-state index >= 15 is 0 Å². The molecule has 0 amide bonds. The van der Waals surface area contributed by atoms with E-state index in [0.29, 0.717) is 0 Å². The first-order valence-electron chi connectivity index (χ1n) is 2.69. The maximum absolute atomic E-state index is 10.9. The molecule has 0 aromatic rings. The van der Waals surface area contributed by atoms with Gasteiger partial charge in [0, 0.05) is 6.66 Å². The van der Waals surface area contributed by atoms with E-state index in [1.54, 1.807) is 6.66 Å². The Morgan fingerprint density at radius 3 is 2.00 bits per heavy atom. The van der Waals surface area contributed by atoms with E-state index < -0.39 is 7.37 Å². The first kappa shape index (κ1) is 6.31. The van der Waals surface area contributed by atoms with Gasteiger partial charge in [0.2, 0.25) is 7.37 Å². The van der Waals surface area contributed by atoms with Crippen molar-refractivity contribution in [2.45, 2.75) is 19.4 Å². The maximum Gasteiger partial charge on any atom is 0.203 e. The van der Waals surface area contributed by atoms with Crippen LogP contribution in [0.3, 0.4) is 0 Å². The molecule has 0 saturated carbocycles. The summed E-state index contributed by atoms with van der Waals surface area (Å²) in [6, 6.07) is 0. The molecule has 8 heavy (non-hydrogen) atoms. The molecule has 1 atom stereocenters. The van der Waals surface area contributed by atoms with Crippen molar-refractivity contribution < 1.29 is 9.09 Å². The molecule has 1 aliphatic heterocycles. The van der Waals surface area contributed by atoms with Crippen LogP contribution in [0.5, 0.6) is 0 Å². The van der Waals surface area contributed by atoms with Crippen molar-refractivity contribution in [2.75, 3.05) is 12.8 Å². The molecule has 0 radical (unpaired) electrons. The van der Waals surface area contributed by atoms with E-state index in [0.717, 1.165) is 6.16 Å². The lowest BCUT2D eigenvalue weighted by Crippen LogP contribution is -2.37. The molecular weight excluding hydrogens is 123 g/mol. The highest BCUT2D eigenvalue weighted by Gasteiger charge is 2.43. The number of rotatable bonds is 0. The van der Waals surface area contributed by atoms with Gasteiger partial charge in [-0.1, -0.05) is 0 Å². The highest BCUT2D eigenvalue weighted by Crippen LogP contribution is 2.59. The fourth-order valence-corrected chi connectivity index (χ4v) is 3.62. The van der Waals surface area contributed by atoms with Crippen LogP contribution in [0.1, 0.15) is 13.8 Å². The predicted molar refractivity (Wildman–Crippen MR) is 33.6 cm³/mol. The second kappa shape index (κ2) is 1.37. The van der Waals surface area contributed by atoms with E-state index in [1.165, 1.54) is 0 Å². The van der Waals surface area contributed by atoms with Crippen LogP contribution < -0.4 is 0 Å². The van der Waals surface area contributed by atoms with Gasteiger partial charge in [0.25, 0.3) is 0 Å². The van der Waals surface area contributed by atoms with Gasteiger partial charge in [-0.15, -0.1) is 0 Å². The molecule has 0 spiro atoms. The molecule has 48 valence electrons. The fraction of sp³-hybridized carbons (Fsp3) is 1.00. The Labute approximate surface area is 49.7 Å². The highest BCUT2D eigenvalue weighted by atomic mass is 31.2. The molecule has 2 nitrogen and oxygen atoms in total. The van der Waals surface area contributed by atoms with Crippen LogP contribution in [0.25, 0.3) is 0 Å². The van der Waals surface area contributed by atoms with Crippen molar-refractivity contribution in [3.8, 4) is 0 Å². The zero-order chi connectivity index (χ0) is 6.41. The second-order valence-electron chi connectivity index (χ2n) is 3.02. The van der Waals surface area contributed by atoms with Crippen LogP contribution in [0.15, 0.2) is 0 Å². The second-order valence-corrected chi connectivity index (χ2v) is 5.55. The van der Waals surface area contributed by atoms with Crippen molar-refractivity contribution in [1.82, 2.24) is 0 Å². The summed E-state index contributed by atoms with van der Waals surface area (Å²) in [6.07, 6.45) is 0.736. The molecule has 1 rings (SSSR count). The molecule has 0 N–H and O–H groups in total. The Balaban J connectivity index is 2.55. The van der Waals surface area contributed by atoms with Gasteiger partial charge in [0.15, 0.2) is 0 Å². The van der Waals surface area contributed by atoms with Crippen LogP contribution in [0, 0.1) is 0 Å². The quantitative estimate of drug-likeness (QED) is 0.471. The normalized spacial score (nSPS) is 43.4. The minimum absolute atomic E-state index is 0.107. The summed E-state index contributed by atoms with van der Waals surface area (Å²) in [4.78, 5) is 0. The van der Waals surface area contributed by atoms with Crippen LogP contribution in [0.2, 0.25) is 0 Å². The van der Waals surface area contributed by atoms with E-state index in [2.05, 4.69) is 0 Å². The molecular formula is C5H11O2P. The van der Waals surface area contributed by atoms with Gasteiger partial charge >= 0.3 is 0 Å². The first-order chi connectivity index (χ1) is 3.41. The van der Waals surface area contributed by atoms with Crippen molar-refractivity contribution in [3.05, 3.63) is 0 Å². The lowest BCUT2D eigenvalue weighted by Gasteiger charge is -2.40. The zero-order valence-corrected chi connectivity index (χ0v) is 6.37. The largest absolute Gasteiger partial charge is 0.322 e. The third-order valence-electron chi connectivity index (χ3n) is 1.11. The molecule has 0 bridgehead atoms. The molecule has 0 aromatic heterocycles. The molecule has 1 unspecified atom stereocenters. The average Bonchev–Trinajstić information content (AvgIpc) is 1.20. The Hall–Kier alpha value is 0.190. The third kappa shape index (κ3) is 1.12. The molecule has 1 heterocycles. The van der Waals surface area contributed by atoms with Gasteiger partial charge in [0.05, 0.1) is 11.8 Å². The van der Waals surface area contributed by atoms with Crippen molar-refractivity contribution in [1.29, 1.82) is 0 Å². The van der Waals surface area contributed by atoms with Gasteiger partial charge in [-0.2, -0.15) is 0 Å². The number of hydrogen-bond acceptors (Lipinski definition) is 2. The van der Waals surface area contributed by atoms with Gasteiger partial charge in [-0.3, -0.25) is 4.57 Å². The van der Waals surface area contributed by atoms with Crippen molar-refractivity contribution in [3.63, 3.8) is 0 Å². The summed E-state index contributed by atoms with van der Waals surface area (Å²) < 4.78 is 15.9. The number of hydrogen-bond donors (Lipinski definition) is 0. The summed E-state index contributed by atoms with van der Waals surface area (Å²) in [5.74, 6) is 0. The van der Waals surface area contributed by atoms with E-state index in [1.807, 2.05) is 13.8 Å². The molecule has 1 saturated heterocycles. The Morgan fingerprint density at radius 2 is 2.00 bits per heavy atom. The van der Waals surface area contributed by atoms with Gasteiger partial charge in [-0.05, 0) is 13.8 Å². The van der Waals surface area contributed by atoms with Crippen molar-refractivity contribution in [2.24, 2.45) is 0 Å². The Morgan fingerprint density at radius 1 is 1.62 bits per heavy atom. The molecule has 1 fully saturated rings. The zero-order valence-electron chi connectivity index (χ0n) is 5.47. The van der Waals surface area contributed by atoms with E-state index in [-0.39, 0.29) is 5.60 Å². The summed E-state index contributed by atoms with van der Waals surface area (Å²) in [6.45, 7) is 5.58. The van der Waals surface area contributed by atoms with E-state index in [4.69, 9.17) is 4.52 Å². The Bertz CT molecular complexity index is 139. The summed E-state index contributed by atoms with van der Waals surface area (Å²) in [5.41, 5.74) is -0.107. The van der Waals surface area contributed by atoms with Gasteiger partial charge in [0.1, 0.15) is 0 Å². The standard InChI is InChI=1S/C5H11O2P/c1-5(2)4-8(3,6)7-5/h4H2,1-3H3.